The molecule has 0 saturated carbocycles. The number of anilines is 1. The van der Waals surface area contributed by atoms with Crippen molar-refractivity contribution in [2.45, 2.75) is 20.8 Å². The molecular formula is C20H24N2O4. The summed E-state index contributed by atoms with van der Waals surface area (Å²) in [4.78, 5) is 24.5. The molecule has 0 radical (unpaired) electrons. The molecule has 0 bridgehead atoms. The summed E-state index contributed by atoms with van der Waals surface area (Å²) in [5, 5.41) is 5.47. The fourth-order valence-electron chi connectivity index (χ4n) is 2.80. The molecule has 0 fully saturated rings. The summed E-state index contributed by atoms with van der Waals surface area (Å²) in [7, 11) is 3.02. The summed E-state index contributed by atoms with van der Waals surface area (Å²) in [5.41, 5.74) is 4.28. The molecule has 0 saturated heterocycles. The minimum atomic E-state index is -0.363. The zero-order valence-electron chi connectivity index (χ0n) is 15.7. The Kier molecular flexibility index (Phi) is 6.22. The Balaban J connectivity index is 2.00. The van der Waals surface area contributed by atoms with Crippen LogP contribution in [-0.2, 0) is 4.79 Å². The van der Waals surface area contributed by atoms with E-state index in [0.717, 1.165) is 22.4 Å². The van der Waals surface area contributed by atoms with Crippen LogP contribution in [0.25, 0.3) is 0 Å². The Hall–Kier alpha value is -3.02. The van der Waals surface area contributed by atoms with Crippen LogP contribution in [-0.4, -0.2) is 32.6 Å². The Morgan fingerprint density at radius 2 is 1.54 bits per heavy atom. The molecule has 0 aromatic heterocycles. The van der Waals surface area contributed by atoms with Crippen molar-refractivity contribution in [2.24, 2.45) is 0 Å². The van der Waals surface area contributed by atoms with E-state index in [1.54, 1.807) is 18.2 Å². The third-order valence-electron chi connectivity index (χ3n) is 4.00. The van der Waals surface area contributed by atoms with E-state index < -0.39 is 0 Å². The zero-order chi connectivity index (χ0) is 19.3. The van der Waals surface area contributed by atoms with E-state index in [-0.39, 0.29) is 18.4 Å². The summed E-state index contributed by atoms with van der Waals surface area (Å²) in [5.74, 6) is 0.343. The largest absolute Gasteiger partial charge is 0.493 e. The second kappa shape index (κ2) is 8.38. The highest BCUT2D eigenvalue weighted by molar-refractivity contribution is 6.00. The molecule has 0 aliphatic rings. The lowest BCUT2D eigenvalue weighted by Crippen LogP contribution is -2.33. The van der Waals surface area contributed by atoms with Crippen LogP contribution >= 0.6 is 0 Å². The Labute approximate surface area is 153 Å². The first-order chi connectivity index (χ1) is 12.3. The van der Waals surface area contributed by atoms with Gasteiger partial charge in [0.15, 0.2) is 11.5 Å². The van der Waals surface area contributed by atoms with Crippen molar-refractivity contribution in [3.05, 3.63) is 52.6 Å². The molecule has 0 unspecified atom stereocenters. The van der Waals surface area contributed by atoms with Crippen LogP contribution in [0, 0.1) is 20.8 Å². The zero-order valence-corrected chi connectivity index (χ0v) is 15.7. The number of hydrogen-bond acceptors (Lipinski definition) is 4. The lowest BCUT2D eigenvalue weighted by atomic mass is 10.1. The Bertz CT molecular complexity index is 808. The van der Waals surface area contributed by atoms with Gasteiger partial charge in [-0.2, -0.15) is 0 Å². The third-order valence-corrected chi connectivity index (χ3v) is 4.00. The van der Waals surface area contributed by atoms with E-state index in [0.29, 0.717) is 17.1 Å². The lowest BCUT2D eigenvalue weighted by Gasteiger charge is -2.13. The van der Waals surface area contributed by atoms with Crippen molar-refractivity contribution in [1.82, 2.24) is 5.32 Å². The maximum atomic E-state index is 12.3. The molecule has 26 heavy (non-hydrogen) atoms. The Morgan fingerprint density at radius 1 is 0.923 bits per heavy atom. The van der Waals surface area contributed by atoms with E-state index >= 15 is 0 Å². The maximum absolute atomic E-state index is 12.3. The predicted octanol–water partition coefficient (Wildman–Crippen LogP) is 3.00. The second-order valence-corrected chi connectivity index (χ2v) is 6.07. The van der Waals surface area contributed by atoms with Gasteiger partial charge in [0.1, 0.15) is 0 Å². The molecule has 0 aliphatic heterocycles. The van der Waals surface area contributed by atoms with Gasteiger partial charge in [-0.05, 0) is 50.1 Å². The van der Waals surface area contributed by atoms with Gasteiger partial charge in [-0.3, -0.25) is 9.59 Å². The van der Waals surface area contributed by atoms with Gasteiger partial charge in [0.2, 0.25) is 5.91 Å². The van der Waals surface area contributed by atoms with Gasteiger partial charge < -0.3 is 20.1 Å². The summed E-state index contributed by atoms with van der Waals surface area (Å²) < 4.78 is 10.3. The summed E-state index contributed by atoms with van der Waals surface area (Å²) >= 11 is 0. The normalized spacial score (nSPS) is 10.2. The number of carbonyl (C=O) groups is 2. The number of amides is 2. The second-order valence-electron chi connectivity index (χ2n) is 6.07. The molecule has 2 rings (SSSR count). The van der Waals surface area contributed by atoms with Crippen LogP contribution in [0.4, 0.5) is 5.69 Å². The monoisotopic (exact) mass is 356 g/mol. The number of methoxy groups -OCH3 is 2. The van der Waals surface area contributed by atoms with Gasteiger partial charge in [-0.1, -0.05) is 17.7 Å². The fraction of sp³-hybridized carbons (Fsp3) is 0.300. The van der Waals surface area contributed by atoms with Gasteiger partial charge in [0, 0.05) is 11.3 Å². The molecular weight excluding hydrogens is 332 g/mol. The highest BCUT2D eigenvalue weighted by Crippen LogP contribution is 2.27. The molecule has 2 aromatic carbocycles. The average Bonchev–Trinajstić information content (AvgIpc) is 2.61. The molecule has 0 atom stereocenters. The highest BCUT2D eigenvalue weighted by Gasteiger charge is 2.13. The van der Waals surface area contributed by atoms with Crippen LogP contribution in [0.2, 0.25) is 0 Å². The van der Waals surface area contributed by atoms with E-state index in [9.17, 15) is 9.59 Å². The number of carbonyl (C=O) groups excluding carboxylic acids is 2. The van der Waals surface area contributed by atoms with Gasteiger partial charge in [0.05, 0.1) is 20.8 Å². The van der Waals surface area contributed by atoms with Crippen molar-refractivity contribution in [1.29, 1.82) is 0 Å². The van der Waals surface area contributed by atoms with E-state index in [2.05, 4.69) is 10.6 Å². The fourth-order valence-corrected chi connectivity index (χ4v) is 2.80. The van der Waals surface area contributed by atoms with E-state index in [4.69, 9.17) is 9.47 Å². The topological polar surface area (TPSA) is 76.7 Å². The molecule has 0 aliphatic carbocycles. The molecule has 0 spiro atoms. The first-order valence-electron chi connectivity index (χ1n) is 8.23. The van der Waals surface area contributed by atoms with Gasteiger partial charge in [-0.25, -0.2) is 0 Å². The standard InChI is InChI=1S/C20H24N2O4/c1-12-8-13(2)19(14(3)9-12)22-18(23)11-21-20(24)15-6-7-16(25-4)17(10-15)26-5/h6-10H,11H2,1-5H3,(H,21,24)(H,22,23). The molecule has 0 heterocycles. The van der Waals surface area contributed by atoms with Gasteiger partial charge in [0.25, 0.3) is 5.91 Å². The molecule has 6 nitrogen and oxygen atoms in total. The number of rotatable bonds is 6. The summed E-state index contributed by atoms with van der Waals surface area (Å²) in [6, 6.07) is 8.84. The van der Waals surface area contributed by atoms with Crippen LogP contribution < -0.4 is 20.1 Å². The number of aryl methyl sites for hydroxylation is 3. The van der Waals surface area contributed by atoms with Crippen LogP contribution in [0.5, 0.6) is 11.5 Å². The van der Waals surface area contributed by atoms with Crippen molar-refractivity contribution in [3.8, 4) is 11.5 Å². The maximum Gasteiger partial charge on any atom is 0.251 e. The third kappa shape index (κ3) is 4.53. The van der Waals surface area contributed by atoms with E-state index in [1.165, 1.54) is 14.2 Å². The minimum Gasteiger partial charge on any atom is -0.493 e. The SMILES string of the molecule is COc1ccc(C(=O)NCC(=O)Nc2c(C)cc(C)cc2C)cc1OC. The van der Waals surface area contributed by atoms with Gasteiger partial charge in [-0.15, -0.1) is 0 Å². The van der Waals surface area contributed by atoms with Crippen LogP contribution in [0.3, 0.4) is 0 Å². The number of ether oxygens (including phenoxy) is 2. The van der Waals surface area contributed by atoms with Crippen molar-refractivity contribution >= 4 is 17.5 Å². The molecule has 2 amide bonds. The average molecular weight is 356 g/mol. The summed E-state index contributed by atoms with van der Waals surface area (Å²) in [6.07, 6.45) is 0. The first kappa shape index (κ1) is 19.3. The van der Waals surface area contributed by atoms with Crippen molar-refractivity contribution in [2.75, 3.05) is 26.1 Å². The predicted molar refractivity (Wildman–Crippen MR) is 101 cm³/mol. The quantitative estimate of drug-likeness (QED) is 0.834. The lowest BCUT2D eigenvalue weighted by molar-refractivity contribution is -0.115. The van der Waals surface area contributed by atoms with Crippen LogP contribution in [0.15, 0.2) is 30.3 Å². The molecule has 2 N–H and O–H groups in total. The number of benzene rings is 2. The summed E-state index contributed by atoms with van der Waals surface area (Å²) in [6.45, 7) is 5.77. The Morgan fingerprint density at radius 3 is 2.12 bits per heavy atom. The van der Waals surface area contributed by atoms with Crippen LogP contribution in [0.1, 0.15) is 27.0 Å². The molecule has 138 valence electrons. The van der Waals surface area contributed by atoms with E-state index in [1.807, 2.05) is 32.9 Å². The molecule has 6 heteroatoms. The molecule has 2 aromatic rings. The van der Waals surface area contributed by atoms with Crippen molar-refractivity contribution < 1.29 is 19.1 Å². The number of hydrogen-bond donors (Lipinski definition) is 2. The van der Waals surface area contributed by atoms with Gasteiger partial charge >= 0.3 is 0 Å². The number of nitrogens with one attached hydrogen (secondary N) is 2. The smallest absolute Gasteiger partial charge is 0.251 e. The van der Waals surface area contributed by atoms with Crippen molar-refractivity contribution in [3.63, 3.8) is 0 Å². The first-order valence-corrected chi connectivity index (χ1v) is 8.23. The highest BCUT2D eigenvalue weighted by atomic mass is 16.5. The minimum absolute atomic E-state index is 0.125.